The van der Waals surface area contributed by atoms with E-state index < -0.39 is 35.4 Å². The molecule has 0 aliphatic rings. The highest BCUT2D eigenvalue weighted by Crippen LogP contribution is 2.35. The summed E-state index contributed by atoms with van der Waals surface area (Å²) in [6, 6.07) is 2.32. The first kappa shape index (κ1) is 15.3. The number of carboxylic acids is 1. The number of hydrogen-bond acceptors (Lipinski definition) is 4. The molecule has 0 aliphatic heterocycles. The Morgan fingerprint density at radius 3 is 2.58 bits per heavy atom. The lowest BCUT2D eigenvalue weighted by Crippen LogP contribution is -2.10. The van der Waals surface area contributed by atoms with Crippen LogP contribution in [0.3, 0.4) is 0 Å². The minimum Gasteiger partial charge on any atom is -0.481 e. The van der Waals surface area contributed by atoms with Gasteiger partial charge in [0.1, 0.15) is 0 Å². The normalized spacial score (nSPS) is 10.5. The number of aliphatic carboxylic acids is 1. The van der Waals surface area contributed by atoms with E-state index in [0.717, 1.165) is 6.07 Å². The minimum absolute atomic E-state index is 0.158. The number of halogens is 3. The number of alkyl halides is 3. The van der Waals surface area contributed by atoms with Gasteiger partial charge in [0.2, 0.25) is 5.75 Å². The molecule has 19 heavy (non-hydrogen) atoms. The zero-order valence-corrected chi connectivity index (χ0v) is 10.9. The Hall–Kier alpha value is -1.77. The van der Waals surface area contributed by atoms with Gasteiger partial charge in [-0.05, 0) is 11.6 Å². The maximum Gasteiger partial charge on any atom is 0.387 e. The molecule has 0 aromatic heterocycles. The van der Waals surface area contributed by atoms with E-state index in [2.05, 4.69) is 20.7 Å². The number of rotatable bonds is 6. The zero-order valence-electron chi connectivity index (χ0n) is 9.31. The topological polar surface area (TPSA) is 89.7 Å². The van der Waals surface area contributed by atoms with Crippen LogP contribution in [0.5, 0.6) is 5.75 Å². The van der Waals surface area contributed by atoms with Crippen molar-refractivity contribution in [1.29, 1.82) is 0 Å². The van der Waals surface area contributed by atoms with E-state index in [0.29, 0.717) is 5.56 Å². The van der Waals surface area contributed by atoms with E-state index in [9.17, 15) is 23.7 Å². The van der Waals surface area contributed by atoms with Crippen LogP contribution in [0, 0.1) is 10.1 Å². The molecule has 0 unspecified atom stereocenters. The number of nitro groups is 1. The molecule has 0 spiro atoms. The molecule has 0 amide bonds. The lowest BCUT2D eigenvalue weighted by Gasteiger charge is -2.11. The van der Waals surface area contributed by atoms with E-state index in [1.165, 1.54) is 6.07 Å². The largest absolute Gasteiger partial charge is 0.481 e. The van der Waals surface area contributed by atoms with E-state index in [1.54, 1.807) is 0 Å². The molecule has 1 rings (SSSR count). The number of ether oxygens (including phenoxy) is 1. The first-order valence-electron chi connectivity index (χ1n) is 4.88. The summed E-state index contributed by atoms with van der Waals surface area (Å²) in [6.45, 7) is -3.23. The van der Waals surface area contributed by atoms with Crippen molar-refractivity contribution in [2.24, 2.45) is 0 Å². The van der Waals surface area contributed by atoms with Gasteiger partial charge >= 0.3 is 18.3 Å². The highest BCUT2D eigenvalue weighted by Gasteiger charge is 2.27. The van der Waals surface area contributed by atoms with Crippen LogP contribution in [0.1, 0.15) is 11.1 Å². The van der Waals surface area contributed by atoms with Crippen LogP contribution in [-0.2, 0) is 16.5 Å². The molecule has 104 valence electrons. The second-order valence-corrected chi connectivity index (χ2v) is 3.95. The van der Waals surface area contributed by atoms with E-state index >= 15 is 0 Å². The Bertz CT molecular complexity index is 509. The molecular weight excluding hydrogens is 332 g/mol. The van der Waals surface area contributed by atoms with Crippen LogP contribution in [0.4, 0.5) is 14.5 Å². The monoisotopic (exact) mass is 339 g/mol. The SMILES string of the molecule is O=C(O)Cc1c(CBr)ccc(OC(F)F)c1[N+](=O)[O-]. The van der Waals surface area contributed by atoms with Crippen LogP contribution in [0.2, 0.25) is 0 Å². The predicted molar refractivity (Wildman–Crippen MR) is 63.7 cm³/mol. The lowest BCUT2D eigenvalue weighted by atomic mass is 10.0. The second kappa shape index (κ2) is 6.41. The van der Waals surface area contributed by atoms with E-state index in [1.807, 2.05) is 0 Å². The van der Waals surface area contributed by atoms with Crippen molar-refractivity contribution in [1.82, 2.24) is 0 Å². The predicted octanol–water partition coefficient (Wildman–Crippen LogP) is 2.72. The Labute approximate surface area is 114 Å². The van der Waals surface area contributed by atoms with Crippen molar-refractivity contribution in [3.63, 3.8) is 0 Å². The molecule has 1 aromatic carbocycles. The summed E-state index contributed by atoms with van der Waals surface area (Å²) in [5, 5.41) is 19.8. The first-order chi connectivity index (χ1) is 8.86. The quantitative estimate of drug-likeness (QED) is 0.489. The molecule has 1 aromatic rings. The van der Waals surface area contributed by atoms with Gasteiger partial charge < -0.3 is 9.84 Å². The fraction of sp³-hybridized carbons (Fsp3) is 0.300. The fourth-order valence-corrected chi connectivity index (χ4v) is 2.05. The van der Waals surface area contributed by atoms with Gasteiger partial charge in [-0.15, -0.1) is 0 Å². The zero-order chi connectivity index (χ0) is 14.6. The molecule has 9 heteroatoms. The first-order valence-corrected chi connectivity index (χ1v) is 6.00. The Morgan fingerprint density at radius 1 is 1.53 bits per heavy atom. The molecule has 0 atom stereocenters. The molecule has 0 saturated heterocycles. The smallest absolute Gasteiger partial charge is 0.387 e. The van der Waals surface area contributed by atoms with E-state index in [-0.39, 0.29) is 10.9 Å². The van der Waals surface area contributed by atoms with Gasteiger partial charge in [0.15, 0.2) is 0 Å². The van der Waals surface area contributed by atoms with E-state index in [4.69, 9.17) is 5.11 Å². The molecule has 0 aliphatic carbocycles. The van der Waals surface area contributed by atoms with Crippen LogP contribution in [0.25, 0.3) is 0 Å². The van der Waals surface area contributed by atoms with Gasteiger partial charge in [-0.3, -0.25) is 14.9 Å². The van der Waals surface area contributed by atoms with Gasteiger partial charge in [-0.1, -0.05) is 22.0 Å². The molecule has 0 bridgehead atoms. The van der Waals surface area contributed by atoms with Gasteiger partial charge in [-0.2, -0.15) is 8.78 Å². The van der Waals surface area contributed by atoms with Gasteiger partial charge in [0.25, 0.3) is 0 Å². The summed E-state index contributed by atoms with van der Waals surface area (Å²) in [5.41, 5.74) is -0.581. The second-order valence-electron chi connectivity index (χ2n) is 3.39. The van der Waals surface area contributed by atoms with Gasteiger partial charge in [-0.25, -0.2) is 0 Å². The molecule has 1 N–H and O–H groups in total. The average molecular weight is 340 g/mol. The fourth-order valence-electron chi connectivity index (χ4n) is 1.52. The van der Waals surface area contributed by atoms with Crippen molar-refractivity contribution in [2.45, 2.75) is 18.4 Å². The Kier molecular flexibility index (Phi) is 5.16. The van der Waals surface area contributed by atoms with Gasteiger partial charge in [0.05, 0.1) is 11.3 Å². The highest BCUT2D eigenvalue weighted by molar-refractivity contribution is 9.08. The lowest BCUT2D eigenvalue weighted by molar-refractivity contribution is -0.387. The van der Waals surface area contributed by atoms with Crippen LogP contribution < -0.4 is 4.74 Å². The number of carboxylic acid groups (broad SMARTS) is 1. The third-order valence-electron chi connectivity index (χ3n) is 2.21. The number of nitro benzene ring substituents is 1. The number of hydrogen-bond donors (Lipinski definition) is 1. The average Bonchev–Trinajstić information content (AvgIpc) is 2.27. The van der Waals surface area contributed by atoms with Crippen molar-refractivity contribution in [3.05, 3.63) is 33.4 Å². The summed E-state index contributed by atoms with van der Waals surface area (Å²) in [6.07, 6.45) is -0.655. The Morgan fingerprint density at radius 2 is 2.16 bits per heavy atom. The molecule has 0 radical (unpaired) electrons. The summed E-state index contributed by atoms with van der Waals surface area (Å²) in [5.74, 6) is -1.96. The number of benzene rings is 1. The minimum atomic E-state index is -3.23. The van der Waals surface area contributed by atoms with Crippen molar-refractivity contribution in [2.75, 3.05) is 0 Å². The molecule has 0 fully saturated rings. The van der Waals surface area contributed by atoms with Gasteiger partial charge in [0, 0.05) is 10.9 Å². The number of nitrogens with zero attached hydrogens (tertiary/aromatic N) is 1. The van der Waals surface area contributed by atoms with Crippen LogP contribution in [-0.4, -0.2) is 22.6 Å². The summed E-state index contributed by atoms with van der Waals surface area (Å²) in [7, 11) is 0. The maximum absolute atomic E-state index is 12.2. The molecule has 6 nitrogen and oxygen atoms in total. The third kappa shape index (κ3) is 3.85. The highest BCUT2D eigenvalue weighted by atomic mass is 79.9. The Balaban J connectivity index is 3.43. The third-order valence-corrected chi connectivity index (χ3v) is 2.82. The van der Waals surface area contributed by atoms with Crippen LogP contribution in [0.15, 0.2) is 12.1 Å². The van der Waals surface area contributed by atoms with Crippen molar-refractivity contribution >= 4 is 27.6 Å². The molecule has 0 heterocycles. The standard InChI is InChI=1S/C10H8BrF2NO5/c11-4-5-1-2-7(19-10(12)13)9(14(17)18)6(5)3-8(15)16/h1-2,10H,3-4H2,(H,15,16). The summed E-state index contributed by atoms with van der Waals surface area (Å²) in [4.78, 5) is 20.7. The summed E-state index contributed by atoms with van der Waals surface area (Å²) < 4.78 is 28.4. The van der Waals surface area contributed by atoms with Crippen molar-refractivity contribution in [3.8, 4) is 5.75 Å². The van der Waals surface area contributed by atoms with Crippen molar-refractivity contribution < 1.29 is 28.3 Å². The molecular formula is C10H8BrF2NO5. The van der Waals surface area contributed by atoms with Crippen LogP contribution >= 0.6 is 15.9 Å². The maximum atomic E-state index is 12.2. The summed E-state index contributed by atoms with van der Waals surface area (Å²) >= 11 is 3.05. The number of carbonyl (C=O) groups is 1. The molecule has 0 saturated carbocycles.